The zero-order valence-corrected chi connectivity index (χ0v) is 13.0. The first-order valence-electron chi connectivity index (χ1n) is 7.50. The first kappa shape index (κ1) is 15.3. The van der Waals surface area contributed by atoms with E-state index in [2.05, 4.69) is 15.2 Å². The number of pyridine rings is 1. The Hall–Kier alpha value is -2.60. The van der Waals surface area contributed by atoms with Crippen molar-refractivity contribution in [3.8, 4) is 5.75 Å². The Morgan fingerprint density at radius 2 is 2.13 bits per heavy atom. The van der Waals surface area contributed by atoms with Crippen molar-refractivity contribution in [1.82, 2.24) is 4.98 Å². The van der Waals surface area contributed by atoms with Gasteiger partial charge in [0, 0.05) is 31.2 Å². The van der Waals surface area contributed by atoms with Crippen LogP contribution in [0.15, 0.2) is 42.7 Å². The molecule has 1 aliphatic heterocycles. The fourth-order valence-electron chi connectivity index (χ4n) is 2.50. The Balaban J connectivity index is 1.83. The average Bonchev–Trinajstić information content (AvgIpc) is 2.63. The van der Waals surface area contributed by atoms with Crippen molar-refractivity contribution in [2.24, 2.45) is 0 Å². The summed E-state index contributed by atoms with van der Waals surface area (Å²) in [5, 5.41) is 2.90. The van der Waals surface area contributed by atoms with Crippen LogP contribution in [0.5, 0.6) is 5.75 Å². The van der Waals surface area contributed by atoms with Crippen LogP contribution in [-0.4, -0.2) is 44.3 Å². The largest absolute Gasteiger partial charge is 0.495 e. The Morgan fingerprint density at radius 1 is 1.30 bits per heavy atom. The van der Waals surface area contributed by atoms with Gasteiger partial charge in [-0.3, -0.25) is 9.78 Å². The second kappa shape index (κ2) is 7.11. The summed E-state index contributed by atoms with van der Waals surface area (Å²) >= 11 is 0. The lowest BCUT2D eigenvalue weighted by molar-refractivity contribution is 0.102. The maximum absolute atomic E-state index is 12.3. The van der Waals surface area contributed by atoms with Crippen molar-refractivity contribution < 1.29 is 14.3 Å². The number of carbonyl (C=O) groups is 1. The average molecular weight is 313 g/mol. The number of nitrogens with one attached hydrogen (secondary N) is 1. The lowest BCUT2D eigenvalue weighted by Crippen LogP contribution is -2.36. The van der Waals surface area contributed by atoms with Crippen molar-refractivity contribution in [3.05, 3.63) is 48.3 Å². The zero-order chi connectivity index (χ0) is 16.1. The number of morpholine rings is 1. The third kappa shape index (κ3) is 3.60. The standard InChI is InChI=1S/C17H19N3O3/c1-22-16-5-4-14(20-7-9-23-10-8-20)11-15(16)19-17(21)13-3-2-6-18-12-13/h2-6,11-12H,7-10H2,1H3,(H,19,21). The van der Waals surface area contributed by atoms with Gasteiger partial charge in [-0.25, -0.2) is 0 Å². The molecule has 2 heterocycles. The van der Waals surface area contributed by atoms with Crippen LogP contribution in [0.2, 0.25) is 0 Å². The molecule has 0 spiro atoms. The number of hydrogen-bond donors (Lipinski definition) is 1. The molecule has 23 heavy (non-hydrogen) atoms. The number of hydrogen-bond acceptors (Lipinski definition) is 5. The third-order valence-electron chi connectivity index (χ3n) is 3.73. The third-order valence-corrected chi connectivity index (χ3v) is 3.73. The Bertz CT molecular complexity index is 670. The summed E-state index contributed by atoms with van der Waals surface area (Å²) in [6, 6.07) is 9.24. The highest BCUT2D eigenvalue weighted by Crippen LogP contribution is 2.30. The number of nitrogens with zero attached hydrogens (tertiary/aromatic N) is 2. The van der Waals surface area contributed by atoms with Crippen LogP contribution in [0.3, 0.4) is 0 Å². The van der Waals surface area contributed by atoms with Gasteiger partial charge in [0.15, 0.2) is 0 Å². The summed E-state index contributed by atoms with van der Waals surface area (Å²) in [5.74, 6) is 0.412. The Kier molecular flexibility index (Phi) is 4.73. The molecule has 3 rings (SSSR count). The van der Waals surface area contributed by atoms with Gasteiger partial charge in [0.05, 0.1) is 31.6 Å². The first-order chi connectivity index (χ1) is 11.3. The van der Waals surface area contributed by atoms with Gasteiger partial charge in [0.25, 0.3) is 5.91 Å². The molecule has 0 saturated carbocycles. The summed E-state index contributed by atoms with van der Waals surface area (Å²) in [4.78, 5) is 18.5. The van der Waals surface area contributed by atoms with Crippen molar-refractivity contribution in [2.75, 3.05) is 43.6 Å². The van der Waals surface area contributed by atoms with E-state index in [1.165, 1.54) is 6.20 Å². The second-order valence-electron chi connectivity index (χ2n) is 5.18. The number of ether oxygens (including phenoxy) is 2. The quantitative estimate of drug-likeness (QED) is 0.937. The second-order valence-corrected chi connectivity index (χ2v) is 5.18. The topological polar surface area (TPSA) is 63.7 Å². The molecular formula is C17H19N3O3. The highest BCUT2D eigenvalue weighted by molar-refractivity contribution is 6.05. The molecule has 0 unspecified atom stereocenters. The van der Waals surface area contributed by atoms with E-state index in [0.717, 1.165) is 18.8 Å². The van der Waals surface area contributed by atoms with Crippen LogP contribution in [0.25, 0.3) is 0 Å². The van der Waals surface area contributed by atoms with Crippen LogP contribution in [0, 0.1) is 0 Å². The molecule has 1 saturated heterocycles. The van der Waals surface area contributed by atoms with Crippen molar-refractivity contribution in [3.63, 3.8) is 0 Å². The fraction of sp³-hybridized carbons (Fsp3) is 0.294. The van der Waals surface area contributed by atoms with Gasteiger partial charge in [0.1, 0.15) is 5.75 Å². The molecule has 120 valence electrons. The molecule has 6 nitrogen and oxygen atoms in total. The smallest absolute Gasteiger partial charge is 0.257 e. The van der Waals surface area contributed by atoms with Gasteiger partial charge in [-0.05, 0) is 30.3 Å². The van der Waals surface area contributed by atoms with E-state index in [1.807, 2.05) is 18.2 Å². The number of anilines is 2. The highest BCUT2D eigenvalue weighted by Gasteiger charge is 2.15. The fourth-order valence-corrected chi connectivity index (χ4v) is 2.50. The molecule has 1 amide bonds. The molecule has 1 N–H and O–H groups in total. The molecule has 0 bridgehead atoms. The van der Waals surface area contributed by atoms with E-state index in [0.29, 0.717) is 30.2 Å². The van der Waals surface area contributed by atoms with Gasteiger partial charge in [-0.1, -0.05) is 0 Å². The van der Waals surface area contributed by atoms with Crippen molar-refractivity contribution in [2.45, 2.75) is 0 Å². The monoisotopic (exact) mass is 313 g/mol. The molecule has 1 aromatic carbocycles. The van der Waals surface area contributed by atoms with Crippen LogP contribution in [0.1, 0.15) is 10.4 Å². The van der Waals surface area contributed by atoms with Crippen molar-refractivity contribution >= 4 is 17.3 Å². The molecule has 0 atom stereocenters. The van der Waals surface area contributed by atoms with Gasteiger partial charge in [-0.15, -0.1) is 0 Å². The molecule has 0 aliphatic carbocycles. The minimum atomic E-state index is -0.212. The number of methoxy groups -OCH3 is 1. The molecule has 1 aliphatic rings. The van der Waals surface area contributed by atoms with Gasteiger partial charge in [0.2, 0.25) is 0 Å². The normalized spacial score (nSPS) is 14.4. The van der Waals surface area contributed by atoms with Gasteiger partial charge >= 0.3 is 0 Å². The van der Waals surface area contributed by atoms with E-state index in [-0.39, 0.29) is 5.91 Å². The number of benzene rings is 1. The first-order valence-corrected chi connectivity index (χ1v) is 7.50. The minimum Gasteiger partial charge on any atom is -0.495 e. The number of carbonyl (C=O) groups excluding carboxylic acids is 1. The summed E-state index contributed by atoms with van der Waals surface area (Å²) < 4.78 is 10.7. The molecule has 1 fully saturated rings. The number of aromatic nitrogens is 1. The Morgan fingerprint density at radius 3 is 2.83 bits per heavy atom. The van der Waals surface area contributed by atoms with Crippen LogP contribution in [-0.2, 0) is 4.74 Å². The van der Waals surface area contributed by atoms with E-state index in [4.69, 9.17) is 9.47 Å². The highest BCUT2D eigenvalue weighted by atomic mass is 16.5. The van der Waals surface area contributed by atoms with E-state index in [9.17, 15) is 4.79 Å². The number of rotatable bonds is 4. The maximum atomic E-state index is 12.3. The van der Waals surface area contributed by atoms with Crippen LogP contribution in [0.4, 0.5) is 11.4 Å². The molecule has 2 aromatic rings. The summed E-state index contributed by atoms with van der Waals surface area (Å²) in [7, 11) is 1.59. The Labute approximate surface area is 135 Å². The van der Waals surface area contributed by atoms with Crippen LogP contribution >= 0.6 is 0 Å². The number of amides is 1. The molecule has 6 heteroatoms. The van der Waals surface area contributed by atoms with Crippen molar-refractivity contribution in [1.29, 1.82) is 0 Å². The summed E-state index contributed by atoms with van der Waals surface area (Å²) in [6.45, 7) is 3.09. The zero-order valence-electron chi connectivity index (χ0n) is 13.0. The molecule has 0 radical (unpaired) electrons. The predicted octanol–water partition coefficient (Wildman–Crippen LogP) is 2.18. The van der Waals surface area contributed by atoms with E-state index < -0.39 is 0 Å². The summed E-state index contributed by atoms with van der Waals surface area (Å²) in [5.41, 5.74) is 2.19. The summed E-state index contributed by atoms with van der Waals surface area (Å²) in [6.07, 6.45) is 3.17. The SMILES string of the molecule is COc1ccc(N2CCOCC2)cc1NC(=O)c1cccnc1. The lowest BCUT2D eigenvalue weighted by Gasteiger charge is -2.29. The van der Waals surface area contributed by atoms with E-state index >= 15 is 0 Å². The predicted molar refractivity (Wildman–Crippen MR) is 88.2 cm³/mol. The van der Waals surface area contributed by atoms with Gasteiger partial charge < -0.3 is 19.7 Å². The molecule has 1 aromatic heterocycles. The van der Waals surface area contributed by atoms with Crippen LogP contribution < -0.4 is 15.0 Å². The minimum absolute atomic E-state index is 0.212. The molecular weight excluding hydrogens is 294 g/mol. The van der Waals surface area contributed by atoms with Gasteiger partial charge in [-0.2, -0.15) is 0 Å². The lowest BCUT2D eigenvalue weighted by atomic mass is 10.2. The maximum Gasteiger partial charge on any atom is 0.257 e. The van der Waals surface area contributed by atoms with E-state index in [1.54, 1.807) is 25.4 Å².